The number of nitrogens with one attached hydrogen (secondary N) is 1. The first-order valence-electron chi connectivity index (χ1n) is 9.31. The van der Waals surface area contributed by atoms with Gasteiger partial charge in [-0.3, -0.25) is 9.88 Å². The lowest BCUT2D eigenvalue weighted by molar-refractivity contribution is 0.245. The fourth-order valence-corrected chi connectivity index (χ4v) is 4.02. The predicted octanol–water partition coefficient (Wildman–Crippen LogP) is 4.23. The van der Waals surface area contributed by atoms with Crippen LogP contribution < -0.4 is 4.90 Å². The molecule has 0 amide bonds. The van der Waals surface area contributed by atoms with Gasteiger partial charge >= 0.3 is 0 Å². The van der Waals surface area contributed by atoms with Crippen LogP contribution in [-0.4, -0.2) is 46.0 Å². The van der Waals surface area contributed by atoms with E-state index in [0.717, 1.165) is 66.2 Å². The summed E-state index contributed by atoms with van der Waals surface area (Å²) in [5.74, 6) is 0.715. The summed E-state index contributed by atoms with van der Waals surface area (Å²) in [6.45, 7) is 4.35. The molecular formula is C21H19ClFN5. The lowest BCUT2D eigenvalue weighted by atomic mass is 10.1. The predicted molar refractivity (Wildman–Crippen MR) is 110 cm³/mol. The van der Waals surface area contributed by atoms with E-state index in [1.54, 1.807) is 18.3 Å². The molecule has 5 nitrogen and oxygen atoms in total. The number of rotatable bonds is 3. The molecule has 28 heavy (non-hydrogen) atoms. The van der Waals surface area contributed by atoms with Crippen LogP contribution in [0.4, 0.5) is 10.1 Å². The molecule has 1 aliphatic heterocycles. The molecule has 0 unspecified atom stereocenters. The first-order chi connectivity index (χ1) is 13.7. The fourth-order valence-electron chi connectivity index (χ4n) is 3.85. The summed E-state index contributed by atoms with van der Waals surface area (Å²) in [6.07, 6.45) is 1.79. The molecule has 2 aromatic carbocycles. The largest absolute Gasteiger partial charge is 0.368 e. The van der Waals surface area contributed by atoms with Gasteiger partial charge in [-0.2, -0.15) is 0 Å². The number of anilines is 1. The third-order valence-corrected chi connectivity index (χ3v) is 5.49. The Hall–Kier alpha value is -2.70. The van der Waals surface area contributed by atoms with Crippen molar-refractivity contribution in [2.45, 2.75) is 6.54 Å². The third-order valence-electron chi connectivity index (χ3n) is 5.26. The van der Waals surface area contributed by atoms with Crippen LogP contribution in [0.15, 0.2) is 48.7 Å². The first kappa shape index (κ1) is 17.4. The van der Waals surface area contributed by atoms with Crippen molar-refractivity contribution in [1.82, 2.24) is 19.9 Å². The number of imidazole rings is 1. The molecular weight excluding hydrogens is 377 g/mol. The second-order valence-electron chi connectivity index (χ2n) is 7.10. The van der Waals surface area contributed by atoms with Crippen molar-refractivity contribution in [1.29, 1.82) is 0 Å². The van der Waals surface area contributed by atoms with Crippen LogP contribution in [-0.2, 0) is 6.54 Å². The summed E-state index contributed by atoms with van der Waals surface area (Å²) in [4.78, 5) is 17.0. The number of nitrogens with zero attached hydrogens (tertiary/aromatic N) is 4. The minimum atomic E-state index is -0.231. The third kappa shape index (κ3) is 3.30. The van der Waals surface area contributed by atoms with Crippen molar-refractivity contribution < 1.29 is 4.39 Å². The maximum Gasteiger partial charge on any atom is 0.124 e. The molecule has 142 valence electrons. The van der Waals surface area contributed by atoms with Crippen molar-refractivity contribution >= 4 is 39.2 Å². The molecule has 2 aromatic heterocycles. The van der Waals surface area contributed by atoms with E-state index in [-0.39, 0.29) is 5.82 Å². The maximum atomic E-state index is 13.7. The maximum absolute atomic E-state index is 13.7. The van der Waals surface area contributed by atoms with Gasteiger partial charge in [-0.1, -0.05) is 11.6 Å². The Labute approximate surface area is 166 Å². The molecule has 1 saturated heterocycles. The van der Waals surface area contributed by atoms with Crippen LogP contribution in [0.1, 0.15) is 5.82 Å². The molecule has 7 heteroatoms. The number of aromatic nitrogens is 3. The highest BCUT2D eigenvalue weighted by molar-refractivity contribution is 6.31. The van der Waals surface area contributed by atoms with Gasteiger partial charge < -0.3 is 9.88 Å². The van der Waals surface area contributed by atoms with E-state index in [2.05, 4.69) is 24.8 Å². The van der Waals surface area contributed by atoms with E-state index < -0.39 is 0 Å². The molecule has 3 heterocycles. The van der Waals surface area contributed by atoms with E-state index in [9.17, 15) is 4.39 Å². The number of benzene rings is 2. The molecule has 4 aromatic rings. The second-order valence-corrected chi connectivity index (χ2v) is 7.54. The van der Waals surface area contributed by atoms with Crippen LogP contribution in [0.2, 0.25) is 5.02 Å². The number of H-pyrrole nitrogens is 1. The Morgan fingerprint density at radius 1 is 1.00 bits per heavy atom. The molecule has 1 N–H and O–H groups in total. The zero-order valence-electron chi connectivity index (χ0n) is 15.2. The SMILES string of the molecule is Fc1ccc2nccc(N3CCN(Cc4nc5ccc(Cl)cc5[nH]4)CC3)c2c1. The molecule has 0 saturated carbocycles. The van der Waals surface area contributed by atoms with Crippen LogP contribution in [0.5, 0.6) is 0 Å². The zero-order valence-corrected chi connectivity index (χ0v) is 16.0. The number of piperazine rings is 1. The number of aromatic amines is 1. The van der Waals surface area contributed by atoms with Gasteiger partial charge in [-0.25, -0.2) is 9.37 Å². The zero-order chi connectivity index (χ0) is 19.1. The van der Waals surface area contributed by atoms with Crippen molar-refractivity contribution in [3.05, 3.63) is 65.3 Å². The van der Waals surface area contributed by atoms with Crippen molar-refractivity contribution in [2.24, 2.45) is 0 Å². The molecule has 0 bridgehead atoms. The van der Waals surface area contributed by atoms with Gasteiger partial charge in [0.25, 0.3) is 0 Å². The molecule has 0 spiro atoms. The standard InChI is InChI=1S/C21H19ClFN5/c22-14-1-3-18-19(11-14)26-21(25-18)13-27-7-9-28(10-8-27)20-5-6-24-17-4-2-15(23)12-16(17)20/h1-6,11-12H,7-10,13H2,(H,25,26). The lowest BCUT2D eigenvalue weighted by Crippen LogP contribution is -2.46. The van der Waals surface area contributed by atoms with Gasteiger partial charge in [-0.05, 0) is 42.5 Å². The summed E-state index contributed by atoms with van der Waals surface area (Å²) in [6, 6.07) is 12.4. The topological polar surface area (TPSA) is 48.1 Å². The molecule has 0 aliphatic carbocycles. The molecule has 0 atom stereocenters. The van der Waals surface area contributed by atoms with Gasteiger partial charge in [-0.15, -0.1) is 0 Å². The van der Waals surface area contributed by atoms with Crippen LogP contribution in [0, 0.1) is 5.82 Å². The normalized spacial score (nSPS) is 15.6. The first-order valence-corrected chi connectivity index (χ1v) is 9.69. The highest BCUT2D eigenvalue weighted by atomic mass is 35.5. The average Bonchev–Trinajstić information content (AvgIpc) is 3.09. The van der Waals surface area contributed by atoms with Crippen molar-refractivity contribution in [3.8, 4) is 0 Å². The average molecular weight is 396 g/mol. The van der Waals surface area contributed by atoms with Gasteiger partial charge in [0.05, 0.1) is 23.1 Å². The number of fused-ring (bicyclic) bond motifs is 2. The van der Waals surface area contributed by atoms with E-state index in [1.165, 1.54) is 6.07 Å². The summed E-state index contributed by atoms with van der Waals surface area (Å²) >= 11 is 6.05. The Balaban J connectivity index is 1.30. The molecule has 0 radical (unpaired) electrons. The van der Waals surface area contributed by atoms with Gasteiger partial charge in [0.1, 0.15) is 11.6 Å². The van der Waals surface area contributed by atoms with Crippen LogP contribution in [0.25, 0.3) is 21.9 Å². The van der Waals surface area contributed by atoms with Gasteiger partial charge in [0.15, 0.2) is 0 Å². The summed E-state index contributed by atoms with van der Waals surface area (Å²) in [5.41, 5.74) is 3.76. The molecule has 1 aliphatic rings. The molecule has 1 fully saturated rings. The van der Waals surface area contributed by atoms with Crippen LogP contribution in [0.3, 0.4) is 0 Å². The fraction of sp³-hybridized carbons (Fsp3) is 0.238. The number of hydrogen-bond donors (Lipinski definition) is 1. The Kier molecular flexibility index (Phi) is 4.37. The van der Waals surface area contributed by atoms with E-state index in [0.29, 0.717) is 5.02 Å². The Bertz CT molecular complexity index is 1150. The highest BCUT2D eigenvalue weighted by Gasteiger charge is 2.20. The van der Waals surface area contributed by atoms with Crippen LogP contribution >= 0.6 is 11.6 Å². The Morgan fingerprint density at radius 3 is 2.68 bits per heavy atom. The van der Waals surface area contributed by atoms with E-state index in [1.807, 2.05) is 24.3 Å². The minimum absolute atomic E-state index is 0.231. The summed E-state index contributed by atoms with van der Waals surface area (Å²) < 4.78 is 13.7. The lowest BCUT2D eigenvalue weighted by Gasteiger charge is -2.36. The Morgan fingerprint density at radius 2 is 1.82 bits per heavy atom. The van der Waals surface area contributed by atoms with Crippen molar-refractivity contribution in [2.75, 3.05) is 31.1 Å². The minimum Gasteiger partial charge on any atom is -0.368 e. The van der Waals surface area contributed by atoms with Gasteiger partial charge in [0.2, 0.25) is 0 Å². The summed E-state index contributed by atoms with van der Waals surface area (Å²) in [5, 5.41) is 1.57. The van der Waals surface area contributed by atoms with E-state index >= 15 is 0 Å². The molecule has 5 rings (SSSR count). The monoisotopic (exact) mass is 395 g/mol. The van der Waals surface area contributed by atoms with Crippen molar-refractivity contribution in [3.63, 3.8) is 0 Å². The highest BCUT2D eigenvalue weighted by Crippen LogP contribution is 2.27. The number of halogens is 2. The summed E-state index contributed by atoms with van der Waals surface area (Å²) in [7, 11) is 0. The number of pyridine rings is 1. The quantitative estimate of drug-likeness (QED) is 0.564. The van der Waals surface area contributed by atoms with E-state index in [4.69, 9.17) is 11.6 Å². The second kappa shape index (κ2) is 7.04. The number of hydrogen-bond acceptors (Lipinski definition) is 4. The smallest absolute Gasteiger partial charge is 0.124 e. The van der Waals surface area contributed by atoms with Gasteiger partial charge in [0, 0.05) is 48.5 Å².